The van der Waals surface area contributed by atoms with Crippen LogP contribution in [0.25, 0.3) is 0 Å². The molecule has 2 amide bonds. The van der Waals surface area contributed by atoms with Crippen molar-refractivity contribution in [1.29, 1.82) is 0 Å². The summed E-state index contributed by atoms with van der Waals surface area (Å²) in [7, 11) is 1.42. The lowest BCUT2D eigenvalue weighted by Gasteiger charge is -2.35. The van der Waals surface area contributed by atoms with Gasteiger partial charge in [-0.2, -0.15) is 0 Å². The molecule has 1 fully saturated rings. The molecule has 3 rings (SSSR count). The lowest BCUT2D eigenvalue weighted by Crippen LogP contribution is -2.48. The van der Waals surface area contributed by atoms with Crippen LogP contribution in [-0.4, -0.2) is 63.3 Å². The SMILES string of the molecule is COC(=O)CN1CCN(c2ccc(NC(=O)NCCC3=CCCCC3)cc2)CC1. The Labute approximate surface area is 173 Å². The Morgan fingerprint density at radius 3 is 2.48 bits per heavy atom. The van der Waals surface area contributed by atoms with Gasteiger partial charge in [-0.15, -0.1) is 0 Å². The van der Waals surface area contributed by atoms with Gasteiger partial charge >= 0.3 is 12.0 Å². The summed E-state index contributed by atoms with van der Waals surface area (Å²) in [5, 5.41) is 5.83. The number of ether oxygens (including phenoxy) is 1. The molecule has 2 aliphatic rings. The summed E-state index contributed by atoms with van der Waals surface area (Å²) in [6.45, 7) is 4.40. The molecule has 1 aliphatic heterocycles. The van der Waals surface area contributed by atoms with Crippen molar-refractivity contribution >= 4 is 23.4 Å². The van der Waals surface area contributed by atoms with Crippen LogP contribution in [0, 0.1) is 0 Å². The third-order valence-electron chi connectivity index (χ3n) is 5.56. The van der Waals surface area contributed by atoms with Gasteiger partial charge in [-0.05, 0) is 56.4 Å². The second kappa shape index (κ2) is 10.9. The zero-order chi connectivity index (χ0) is 20.5. The minimum atomic E-state index is -0.192. The molecule has 29 heavy (non-hydrogen) atoms. The molecule has 7 nitrogen and oxygen atoms in total. The highest BCUT2D eigenvalue weighted by Crippen LogP contribution is 2.20. The number of methoxy groups -OCH3 is 1. The van der Waals surface area contributed by atoms with Crippen LogP contribution in [0.1, 0.15) is 32.1 Å². The Bertz CT molecular complexity index is 709. The van der Waals surface area contributed by atoms with Gasteiger partial charge in [0, 0.05) is 44.1 Å². The average molecular weight is 401 g/mol. The highest BCUT2D eigenvalue weighted by molar-refractivity contribution is 5.89. The molecular formula is C22H32N4O3. The number of nitrogens with one attached hydrogen (secondary N) is 2. The van der Waals surface area contributed by atoms with Crippen molar-refractivity contribution in [1.82, 2.24) is 10.2 Å². The summed E-state index contributed by atoms with van der Waals surface area (Å²) in [6.07, 6.45) is 8.16. The van der Waals surface area contributed by atoms with E-state index in [-0.39, 0.29) is 12.0 Å². The molecule has 158 valence electrons. The second-order valence-electron chi connectivity index (χ2n) is 7.63. The van der Waals surface area contributed by atoms with Gasteiger partial charge < -0.3 is 20.3 Å². The number of rotatable bonds is 7. The molecule has 1 aromatic carbocycles. The zero-order valence-corrected chi connectivity index (χ0v) is 17.3. The fourth-order valence-electron chi connectivity index (χ4n) is 3.81. The molecule has 0 saturated carbocycles. The number of nitrogens with zero attached hydrogens (tertiary/aromatic N) is 2. The molecule has 0 bridgehead atoms. The molecule has 0 radical (unpaired) electrons. The van der Waals surface area contributed by atoms with E-state index >= 15 is 0 Å². The normalized spacial score (nSPS) is 17.4. The number of esters is 1. The standard InChI is InChI=1S/C22H32N4O3/c1-29-21(27)17-25-13-15-26(16-14-25)20-9-7-19(8-10-20)24-22(28)23-12-11-18-5-3-2-4-6-18/h5,7-10H,2-4,6,11-17H2,1H3,(H2,23,24,28). The number of carbonyl (C=O) groups excluding carboxylic acids is 2. The lowest BCUT2D eigenvalue weighted by molar-refractivity contribution is -0.142. The van der Waals surface area contributed by atoms with E-state index in [1.807, 2.05) is 24.3 Å². The van der Waals surface area contributed by atoms with E-state index in [1.165, 1.54) is 38.4 Å². The Morgan fingerprint density at radius 1 is 1.07 bits per heavy atom. The maximum absolute atomic E-state index is 12.1. The Morgan fingerprint density at radius 2 is 1.83 bits per heavy atom. The van der Waals surface area contributed by atoms with Crippen LogP contribution >= 0.6 is 0 Å². The largest absolute Gasteiger partial charge is 0.468 e. The van der Waals surface area contributed by atoms with E-state index in [9.17, 15) is 9.59 Å². The molecule has 0 spiro atoms. The number of hydrogen-bond donors (Lipinski definition) is 2. The van der Waals surface area contributed by atoms with Gasteiger partial charge in [-0.3, -0.25) is 9.69 Å². The van der Waals surface area contributed by atoms with E-state index in [1.54, 1.807) is 0 Å². The van der Waals surface area contributed by atoms with Crippen molar-refractivity contribution in [2.45, 2.75) is 32.1 Å². The average Bonchev–Trinajstić information content (AvgIpc) is 2.75. The zero-order valence-electron chi connectivity index (χ0n) is 17.3. The minimum absolute atomic E-state index is 0.161. The summed E-state index contributed by atoms with van der Waals surface area (Å²) in [5.74, 6) is -0.192. The predicted molar refractivity (Wildman–Crippen MR) is 115 cm³/mol. The van der Waals surface area contributed by atoms with E-state index in [2.05, 4.69) is 26.5 Å². The summed E-state index contributed by atoms with van der Waals surface area (Å²) in [5.41, 5.74) is 3.37. The number of anilines is 2. The molecule has 1 aromatic rings. The summed E-state index contributed by atoms with van der Waals surface area (Å²) in [6, 6.07) is 7.75. The monoisotopic (exact) mass is 400 g/mol. The molecular weight excluding hydrogens is 368 g/mol. The highest BCUT2D eigenvalue weighted by Gasteiger charge is 2.19. The van der Waals surface area contributed by atoms with Crippen LogP contribution < -0.4 is 15.5 Å². The maximum atomic E-state index is 12.1. The number of piperazine rings is 1. The second-order valence-corrected chi connectivity index (χ2v) is 7.63. The third-order valence-corrected chi connectivity index (χ3v) is 5.56. The van der Waals surface area contributed by atoms with E-state index in [0.717, 1.165) is 44.0 Å². The predicted octanol–water partition coefficient (Wildman–Crippen LogP) is 2.99. The fourth-order valence-corrected chi connectivity index (χ4v) is 3.81. The molecule has 1 saturated heterocycles. The van der Waals surface area contributed by atoms with Crippen molar-refractivity contribution in [3.8, 4) is 0 Å². The van der Waals surface area contributed by atoms with Gasteiger partial charge in [0.1, 0.15) is 0 Å². The summed E-state index contributed by atoms with van der Waals surface area (Å²) >= 11 is 0. The van der Waals surface area contributed by atoms with Gasteiger partial charge in [0.25, 0.3) is 0 Å². The first kappa shape index (κ1) is 21.2. The van der Waals surface area contributed by atoms with Crippen molar-refractivity contribution < 1.29 is 14.3 Å². The van der Waals surface area contributed by atoms with Gasteiger partial charge in [0.2, 0.25) is 0 Å². The lowest BCUT2D eigenvalue weighted by atomic mass is 9.97. The van der Waals surface area contributed by atoms with Crippen LogP contribution in [0.5, 0.6) is 0 Å². The van der Waals surface area contributed by atoms with Crippen LogP contribution in [-0.2, 0) is 9.53 Å². The highest BCUT2D eigenvalue weighted by atomic mass is 16.5. The number of allylic oxidation sites excluding steroid dienone is 1. The van der Waals surface area contributed by atoms with E-state index < -0.39 is 0 Å². The summed E-state index contributed by atoms with van der Waals surface area (Å²) < 4.78 is 4.73. The van der Waals surface area contributed by atoms with Gasteiger partial charge in [-0.25, -0.2) is 4.79 Å². The number of hydrogen-bond acceptors (Lipinski definition) is 5. The number of urea groups is 1. The van der Waals surface area contributed by atoms with Crippen LogP contribution in [0.2, 0.25) is 0 Å². The molecule has 7 heteroatoms. The third kappa shape index (κ3) is 6.78. The maximum Gasteiger partial charge on any atom is 0.319 e. The molecule has 0 atom stereocenters. The minimum Gasteiger partial charge on any atom is -0.468 e. The van der Waals surface area contributed by atoms with E-state index in [0.29, 0.717) is 13.1 Å². The Balaban J connectivity index is 1.39. The number of benzene rings is 1. The van der Waals surface area contributed by atoms with Crippen LogP contribution in [0.4, 0.5) is 16.2 Å². The smallest absolute Gasteiger partial charge is 0.319 e. The first-order valence-electron chi connectivity index (χ1n) is 10.5. The topological polar surface area (TPSA) is 73.9 Å². The van der Waals surface area contributed by atoms with Gasteiger partial charge in [0.15, 0.2) is 0 Å². The molecule has 1 heterocycles. The molecule has 0 unspecified atom stereocenters. The number of amides is 2. The number of carbonyl (C=O) groups is 2. The van der Waals surface area contributed by atoms with Crippen molar-refractivity contribution in [2.75, 3.05) is 56.6 Å². The fraction of sp³-hybridized carbons (Fsp3) is 0.545. The van der Waals surface area contributed by atoms with E-state index in [4.69, 9.17) is 4.74 Å². The quantitative estimate of drug-likeness (QED) is 0.544. The summed E-state index contributed by atoms with van der Waals surface area (Å²) in [4.78, 5) is 27.9. The van der Waals surface area contributed by atoms with Crippen LogP contribution in [0.15, 0.2) is 35.9 Å². The Kier molecular flexibility index (Phi) is 7.93. The van der Waals surface area contributed by atoms with Gasteiger partial charge in [-0.1, -0.05) is 11.6 Å². The Hall–Kier alpha value is -2.54. The van der Waals surface area contributed by atoms with Crippen molar-refractivity contribution in [3.05, 3.63) is 35.9 Å². The molecule has 2 N–H and O–H groups in total. The first-order chi connectivity index (χ1) is 14.1. The van der Waals surface area contributed by atoms with Crippen LogP contribution in [0.3, 0.4) is 0 Å². The molecule has 0 aromatic heterocycles. The molecule has 1 aliphatic carbocycles. The van der Waals surface area contributed by atoms with Gasteiger partial charge in [0.05, 0.1) is 13.7 Å². The first-order valence-corrected chi connectivity index (χ1v) is 10.5. The van der Waals surface area contributed by atoms with Crippen molar-refractivity contribution in [3.63, 3.8) is 0 Å². The van der Waals surface area contributed by atoms with Crippen molar-refractivity contribution in [2.24, 2.45) is 0 Å².